The van der Waals surface area contributed by atoms with Crippen molar-refractivity contribution in [1.82, 2.24) is 16.0 Å². The Morgan fingerprint density at radius 2 is 1.63 bits per heavy atom. The summed E-state index contributed by atoms with van der Waals surface area (Å²) in [7, 11) is 0. The van der Waals surface area contributed by atoms with Crippen LogP contribution in [0.4, 0.5) is 21.0 Å². The summed E-state index contributed by atoms with van der Waals surface area (Å²) in [6.45, 7) is 4.12. The summed E-state index contributed by atoms with van der Waals surface area (Å²) in [4.78, 5) is 36.0. The van der Waals surface area contributed by atoms with Crippen molar-refractivity contribution in [2.24, 2.45) is 0 Å². The van der Waals surface area contributed by atoms with Crippen molar-refractivity contribution in [3.05, 3.63) is 59.7 Å². The molecule has 0 heterocycles. The van der Waals surface area contributed by atoms with Crippen LogP contribution in [0.25, 0.3) is 0 Å². The molecule has 2 aromatic carbocycles. The molecule has 3 rings (SSSR count). The number of hydrogen-bond acceptors (Lipinski definition) is 3. The van der Waals surface area contributed by atoms with Gasteiger partial charge in [-0.1, -0.05) is 18.2 Å². The average molecular weight is 409 g/mol. The Morgan fingerprint density at radius 1 is 0.933 bits per heavy atom. The standard InChI is InChI=1S/C22H27N5O3/c1-14(2)24-21(29)25-17-8-6-15(7-9-17)13-23-20(28)16-4-3-5-19(12-16)27-22(30)26-18-10-11-18/h3-9,12,14,18H,10-11,13H2,1-2H3,(H,23,28)(H2,24,25,29)(H2,26,27,30). The van der Waals surface area contributed by atoms with E-state index in [9.17, 15) is 14.4 Å². The number of hydrogen-bond donors (Lipinski definition) is 5. The van der Waals surface area contributed by atoms with Gasteiger partial charge in [0.25, 0.3) is 5.91 Å². The van der Waals surface area contributed by atoms with Crippen LogP contribution < -0.4 is 26.6 Å². The van der Waals surface area contributed by atoms with E-state index in [1.807, 2.05) is 26.0 Å². The van der Waals surface area contributed by atoms with Crippen LogP contribution in [0.15, 0.2) is 48.5 Å². The lowest BCUT2D eigenvalue weighted by atomic mass is 10.1. The smallest absolute Gasteiger partial charge is 0.319 e. The lowest BCUT2D eigenvalue weighted by Gasteiger charge is -2.11. The summed E-state index contributed by atoms with van der Waals surface area (Å²) in [6, 6.07) is 13.8. The minimum Gasteiger partial charge on any atom is -0.348 e. The highest BCUT2D eigenvalue weighted by atomic mass is 16.2. The van der Waals surface area contributed by atoms with Gasteiger partial charge >= 0.3 is 12.1 Å². The highest BCUT2D eigenvalue weighted by Crippen LogP contribution is 2.19. The zero-order valence-electron chi connectivity index (χ0n) is 17.1. The van der Waals surface area contributed by atoms with E-state index >= 15 is 0 Å². The Balaban J connectivity index is 1.49. The van der Waals surface area contributed by atoms with Gasteiger partial charge in [0.05, 0.1) is 0 Å². The van der Waals surface area contributed by atoms with E-state index in [-0.39, 0.29) is 30.1 Å². The molecule has 0 aliphatic heterocycles. The van der Waals surface area contributed by atoms with Gasteiger partial charge in [-0.15, -0.1) is 0 Å². The van der Waals surface area contributed by atoms with E-state index in [0.717, 1.165) is 18.4 Å². The van der Waals surface area contributed by atoms with Crippen LogP contribution in [0.5, 0.6) is 0 Å². The average Bonchev–Trinajstić information content (AvgIpc) is 3.50. The first kappa shape index (κ1) is 21.2. The lowest BCUT2D eigenvalue weighted by molar-refractivity contribution is 0.0951. The third-order valence-electron chi connectivity index (χ3n) is 4.38. The van der Waals surface area contributed by atoms with Crippen molar-refractivity contribution < 1.29 is 14.4 Å². The highest BCUT2D eigenvalue weighted by molar-refractivity contribution is 5.97. The summed E-state index contributed by atoms with van der Waals surface area (Å²) in [6.07, 6.45) is 2.02. The molecule has 0 bridgehead atoms. The van der Waals surface area contributed by atoms with Gasteiger partial charge in [-0.25, -0.2) is 9.59 Å². The van der Waals surface area contributed by atoms with E-state index in [2.05, 4.69) is 26.6 Å². The second-order valence-electron chi connectivity index (χ2n) is 7.59. The minimum atomic E-state index is -0.259. The van der Waals surface area contributed by atoms with Gasteiger partial charge in [0.15, 0.2) is 0 Å². The molecule has 0 aromatic heterocycles. The molecule has 1 fully saturated rings. The van der Waals surface area contributed by atoms with Crippen LogP contribution in [-0.2, 0) is 6.54 Å². The van der Waals surface area contributed by atoms with Gasteiger partial charge in [0.2, 0.25) is 0 Å². The van der Waals surface area contributed by atoms with Crippen molar-refractivity contribution in [3.8, 4) is 0 Å². The predicted molar refractivity (Wildman–Crippen MR) is 117 cm³/mol. The monoisotopic (exact) mass is 409 g/mol. The molecule has 5 N–H and O–H groups in total. The number of nitrogens with one attached hydrogen (secondary N) is 5. The zero-order valence-corrected chi connectivity index (χ0v) is 17.1. The Labute approximate surface area is 175 Å². The summed E-state index contributed by atoms with van der Waals surface area (Å²) < 4.78 is 0. The molecule has 1 saturated carbocycles. The highest BCUT2D eigenvalue weighted by Gasteiger charge is 2.23. The molecule has 8 nitrogen and oxygen atoms in total. The fourth-order valence-electron chi connectivity index (χ4n) is 2.74. The van der Waals surface area contributed by atoms with Gasteiger partial charge in [-0.3, -0.25) is 4.79 Å². The third kappa shape index (κ3) is 6.80. The van der Waals surface area contributed by atoms with Crippen LogP contribution in [0.2, 0.25) is 0 Å². The number of rotatable bonds is 7. The van der Waals surface area contributed by atoms with E-state index in [1.165, 1.54) is 0 Å². The SMILES string of the molecule is CC(C)NC(=O)Nc1ccc(CNC(=O)c2cccc(NC(=O)NC3CC3)c2)cc1. The molecule has 2 aromatic rings. The number of anilines is 2. The molecule has 0 radical (unpaired) electrons. The van der Waals surface area contributed by atoms with E-state index in [0.29, 0.717) is 23.5 Å². The predicted octanol–water partition coefficient (Wildman–Crippen LogP) is 3.43. The van der Waals surface area contributed by atoms with Crippen molar-refractivity contribution >= 4 is 29.3 Å². The van der Waals surface area contributed by atoms with Gasteiger partial charge in [0.1, 0.15) is 0 Å². The number of amides is 5. The fourth-order valence-corrected chi connectivity index (χ4v) is 2.74. The molecule has 0 spiro atoms. The zero-order chi connectivity index (χ0) is 21.5. The molecule has 1 aliphatic carbocycles. The molecule has 1 aliphatic rings. The number of urea groups is 2. The Morgan fingerprint density at radius 3 is 2.30 bits per heavy atom. The lowest BCUT2D eigenvalue weighted by Crippen LogP contribution is -2.34. The van der Waals surface area contributed by atoms with Crippen LogP contribution in [0, 0.1) is 0 Å². The molecule has 30 heavy (non-hydrogen) atoms. The van der Waals surface area contributed by atoms with Crippen LogP contribution in [0.3, 0.4) is 0 Å². The quantitative estimate of drug-likeness (QED) is 0.483. The first-order valence-corrected chi connectivity index (χ1v) is 10.0. The summed E-state index contributed by atoms with van der Waals surface area (Å²) >= 11 is 0. The van der Waals surface area contributed by atoms with Gasteiger partial charge in [-0.2, -0.15) is 0 Å². The molecule has 158 valence electrons. The molecular weight excluding hydrogens is 382 g/mol. The van der Waals surface area contributed by atoms with E-state index in [4.69, 9.17) is 0 Å². The fraction of sp³-hybridized carbons (Fsp3) is 0.318. The van der Waals surface area contributed by atoms with Crippen molar-refractivity contribution in [2.75, 3.05) is 10.6 Å². The minimum absolute atomic E-state index is 0.0563. The maximum atomic E-state index is 12.5. The first-order valence-electron chi connectivity index (χ1n) is 10.0. The van der Waals surface area contributed by atoms with Gasteiger partial charge < -0.3 is 26.6 Å². The van der Waals surface area contributed by atoms with Crippen LogP contribution in [-0.4, -0.2) is 30.1 Å². The second kappa shape index (κ2) is 9.78. The largest absolute Gasteiger partial charge is 0.348 e. The summed E-state index contributed by atoms with van der Waals surface area (Å²) in [5.74, 6) is -0.236. The molecule has 0 saturated heterocycles. The van der Waals surface area contributed by atoms with Crippen LogP contribution in [0.1, 0.15) is 42.6 Å². The normalized spacial score (nSPS) is 12.8. The molecule has 0 unspecified atom stereocenters. The van der Waals surface area contributed by atoms with Crippen molar-refractivity contribution in [2.45, 2.75) is 45.3 Å². The maximum Gasteiger partial charge on any atom is 0.319 e. The number of carbonyl (C=O) groups is 3. The summed E-state index contributed by atoms with van der Waals surface area (Å²) in [5, 5.41) is 14.0. The van der Waals surface area contributed by atoms with Gasteiger partial charge in [-0.05, 0) is 62.6 Å². The van der Waals surface area contributed by atoms with Crippen molar-refractivity contribution in [3.63, 3.8) is 0 Å². The van der Waals surface area contributed by atoms with Gasteiger partial charge in [0, 0.05) is 35.6 Å². The molecular formula is C22H27N5O3. The summed E-state index contributed by atoms with van der Waals surface area (Å²) in [5.41, 5.74) is 2.60. The third-order valence-corrected chi connectivity index (χ3v) is 4.38. The number of benzene rings is 2. The van der Waals surface area contributed by atoms with Crippen LogP contribution >= 0.6 is 0 Å². The maximum absolute atomic E-state index is 12.5. The molecule has 5 amide bonds. The number of carbonyl (C=O) groups excluding carboxylic acids is 3. The Bertz CT molecular complexity index is 907. The van der Waals surface area contributed by atoms with Crippen molar-refractivity contribution in [1.29, 1.82) is 0 Å². The van der Waals surface area contributed by atoms with E-state index < -0.39 is 0 Å². The second-order valence-corrected chi connectivity index (χ2v) is 7.59. The molecule has 8 heteroatoms. The Kier molecular flexibility index (Phi) is 6.90. The first-order chi connectivity index (χ1) is 14.4. The van der Waals surface area contributed by atoms with E-state index in [1.54, 1.807) is 36.4 Å². The molecule has 0 atom stereocenters. The Hall–Kier alpha value is -3.55. The topological polar surface area (TPSA) is 111 Å².